The average Bonchev–Trinajstić information content (AvgIpc) is 3.22. The molecule has 2 aliphatic heterocycles. The molecule has 2 fully saturated rings. The van der Waals surface area contributed by atoms with Crippen molar-refractivity contribution in [3.05, 3.63) is 58.7 Å². The molecule has 0 aromatic heterocycles. The lowest BCUT2D eigenvalue weighted by molar-refractivity contribution is -0.137. The summed E-state index contributed by atoms with van der Waals surface area (Å²) >= 11 is 0. The van der Waals surface area contributed by atoms with E-state index in [1.165, 1.54) is 12.1 Å². The smallest absolute Gasteiger partial charge is 0.417 e. The number of rotatable bonds is 4. The minimum absolute atomic E-state index is 0.0984. The average molecular weight is 473 g/mol. The molecule has 2 aromatic carbocycles. The fourth-order valence-corrected chi connectivity index (χ4v) is 5.16. The van der Waals surface area contributed by atoms with Gasteiger partial charge >= 0.3 is 6.18 Å². The second kappa shape index (κ2) is 8.84. The van der Waals surface area contributed by atoms with Crippen LogP contribution in [0.5, 0.6) is 5.75 Å². The lowest BCUT2D eigenvalue weighted by Crippen LogP contribution is -2.50. The van der Waals surface area contributed by atoms with Crippen LogP contribution in [0.2, 0.25) is 0 Å². The van der Waals surface area contributed by atoms with Crippen LogP contribution in [0.4, 0.5) is 18.9 Å². The number of hydrogen-bond donors (Lipinski definition) is 1. The lowest BCUT2D eigenvalue weighted by atomic mass is 9.73. The van der Waals surface area contributed by atoms with Crippen molar-refractivity contribution < 1.29 is 27.8 Å². The first-order valence-electron chi connectivity index (χ1n) is 11.0. The van der Waals surface area contributed by atoms with Gasteiger partial charge in [0.25, 0.3) is 5.91 Å². The Labute approximate surface area is 196 Å². The maximum atomic E-state index is 13.5. The number of fused-ring (bicyclic) bond motifs is 1. The van der Waals surface area contributed by atoms with E-state index in [1.54, 1.807) is 36.3 Å². The number of benzene rings is 2. The molecule has 180 valence electrons. The van der Waals surface area contributed by atoms with Crippen LogP contribution in [0.25, 0.3) is 0 Å². The SMILES string of the molecule is COc1ccc(C(=O)N2CC[C@@]3(CO)CN(c4ccc(C#N)c(C(F)(F)F)c4)C[C@H]3C2)c(C)c1. The Morgan fingerprint density at radius 2 is 2.03 bits per heavy atom. The highest BCUT2D eigenvalue weighted by atomic mass is 19.4. The number of carbonyl (C=O) groups is 1. The molecule has 4 rings (SSSR count). The van der Waals surface area contributed by atoms with E-state index in [9.17, 15) is 23.1 Å². The van der Waals surface area contributed by atoms with E-state index in [1.807, 2.05) is 11.8 Å². The van der Waals surface area contributed by atoms with Crippen molar-refractivity contribution in [2.45, 2.75) is 19.5 Å². The first-order chi connectivity index (χ1) is 16.1. The van der Waals surface area contributed by atoms with Crippen molar-refractivity contribution in [3.63, 3.8) is 0 Å². The van der Waals surface area contributed by atoms with Gasteiger partial charge in [0.05, 0.1) is 30.9 Å². The Morgan fingerprint density at radius 1 is 1.26 bits per heavy atom. The van der Waals surface area contributed by atoms with Crippen LogP contribution in [-0.4, -0.2) is 55.8 Å². The highest BCUT2D eigenvalue weighted by Gasteiger charge is 2.50. The summed E-state index contributed by atoms with van der Waals surface area (Å²) in [5, 5.41) is 19.3. The minimum atomic E-state index is -4.64. The number of methoxy groups -OCH3 is 1. The van der Waals surface area contributed by atoms with Crippen LogP contribution in [0.15, 0.2) is 36.4 Å². The number of hydrogen-bond acceptors (Lipinski definition) is 5. The van der Waals surface area contributed by atoms with Crippen molar-refractivity contribution in [3.8, 4) is 11.8 Å². The summed E-state index contributed by atoms with van der Waals surface area (Å²) in [4.78, 5) is 16.8. The number of aliphatic hydroxyl groups is 1. The number of amides is 1. The molecule has 0 saturated carbocycles. The van der Waals surface area contributed by atoms with Gasteiger partial charge in [0.1, 0.15) is 5.75 Å². The molecule has 0 spiro atoms. The van der Waals surface area contributed by atoms with Gasteiger partial charge in [-0.2, -0.15) is 18.4 Å². The van der Waals surface area contributed by atoms with Gasteiger partial charge in [0.15, 0.2) is 0 Å². The molecule has 2 atom stereocenters. The molecule has 0 aliphatic carbocycles. The van der Waals surface area contributed by atoms with E-state index < -0.39 is 22.7 Å². The van der Waals surface area contributed by atoms with Gasteiger partial charge in [-0.15, -0.1) is 0 Å². The summed E-state index contributed by atoms with van der Waals surface area (Å²) < 4.78 is 45.6. The Morgan fingerprint density at radius 3 is 2.65 bits per heavy atom. The number of likely N-dealkylation sites (tertiary alicyclic amines) is 1. The van der Waals surface area contributed by atoms with E-state index in [4.69, 9.17) is 10.00 Å². The number of nitriles is 1. The molecule has 9 heteroatoms. The molecule has 0 radical (unpaired) electrons. The van der Waals surface area contributed by atoms with E-state index in [-0.39, 0.29) is 18.4 Å². The maximum Gasteiger partial charge on any atom is 0.417 e. The predicted octanol–water partition coefficient (Wildman–Crippen LogP) is 3.86. The topological polar surface area (TPSA) is 76.8 Å². The number of carbonyl (C=O) groups excluding carboxylic acids is 1. The molecule has 1 N–H and O–H groups in total. The Bertz CT molecular complexity index is 1140. The first kappa shape index (κ1) is 23.9. The first-order valence-corrected chi connectivity index (χ1v) is 11.0. The standard InChI is InChI=1S/C25H26F3N3O3/c1-16-9-20(34-2)5-6-21(16)23(33)30-8-7-24(15-32)14-31(13-18(24)12-30)19-4-3-17(11-29)22(10-19)25(26,27)28/h3-6,9-10,18,32H,7-8,12-15H2,1-2H3/t18-,24+/m1/s1. The Hall–Kier alpha value is -3.25. The molecular formula is C25H26F3N3O3. The zero-order valence-electron chi connectivity index (χ0n) is 19.0. The van der Waals surface area contributed by atoms with Crippen LogP contribution in [0.3, 0.4) is 0 Å². The van der Waals surface area contributed by atoms with Gasteiger partial charge in [-0.3, -0.25) is 4.79 Å². The minimum Gasteiger partial charge on any atom is -0.497 e. The molecule has 34 heavy (non-hydrogen) atoms. The number of aryl methyl sites for hydroxylation is 1. The second-order valence-electron chi connectivity index (χ2n) is 9.12. The largest absolute Gasteiger partial charge is 0.497 e. The van der Waals surface area contributed by atoms with Gasteiger partial charge < -0.3 is 19.6 Å². The highest BCUT2D eigenvalue weighted by Crippen LogP contribution is 2.45. The normalized spacial score (nSPS) is 22.3. The van der Waals surface area contributed by atoms with E-state index in [0.717, 1.165) is 11.6 Å². The number of piperidine rings is 1. The third-order valence-corrected chi connectivity index (χ3v) is 7.19. The van der Waals surface area contributed by atoms with Crippen molar-refractivity contribution in [1.82, 2.24) is 4.90 Å². The summed E-state index contributed by atoms with van der Waals surface area (Å²) in [6.45, 7) is 3.40. The van der Waals surface area contributed by atoms with Gasteiger partial charge in [-0.1, -0.05) is 0 Å². The van der Waals surface area contributed by atoms with E-state index in [2.05, 4.69) is 0 Å². The van der Waals surface area contributed by atoms with Crippen molar-refractivity contribution in [1.29, 1.82) is 5.26 Å². The molecule has 6 nitrogen and oxygen atoms in total. The van der Waals surface area contributed by atoms with Gasteiger partial charge in [0, 0.05) is 48.8 Å². The Kier molecular flexibility index (Phi) is 6.21. The van der Waals surface area contributed by atoms with Crippen molar-refractivity contribution in [2.24, 2.45) is 11.3 Å². The summed E-state index contributed by atoms with van der Waals surface area (Å²) in [7, 11) is 1.56. The fraction of sp³-hybridized carbons (Fsp3) is 0.440. The van der Waals surface area contributed by atoms with Crippen LogP contribution < -0.4 is 9.64 Å². The maximum absolute atomic E-state index is 13.5. The zero-order chi connectivity index (χ0) is 24.7. The van der Waals surface area contributed by atoms with E-state index in [0.29, 0.717) is 49.6 Å². The number of anilines is 1. The van der Waals surface area contributed by atoms with Gasteiger partial charge in [-0.25, -0.2) is 0 Å². The monoisotopic (exact) mass is 473 g/mol. The molecule has 0 unspecified atom stereocenters. The summed E-state index contributed by atoms with van der Waals surface area (Å²) in [6, 6.07) is 10.6. The molecule has 1 amide bonds. The van der Waals surface area contributed by atoms with Gasteiger partial charge in [0.2, 0.25) is 0 Å². The van der Waals surface area contributed by atoms with E-state index >= 15 is 0 Å². The van der Waals surface area contributed by atoms with Crippen LogP contribution in [-0.2, 0) is 6.18 Å². The molecule has 2 aromatic rings. The number of alkyl halides is 3. The summed E-state index contributed by atoms with van der Waals surface area (Å²) in [5.41, 5.74) is -0.151. The van der Waals surface area contributed by atoms with Crippen molar-refractivity contribution >= 4 is 11.6 Å². The zero-order valence-corrected chi connectivity index (χ0v) is 19.0. The van der Waals surface area contributed by atoms with Crippen LogP contribution >= 0.6 is 0 Å². The molecule has 2 saturated heterocycles. The number of ether oxygens (including phenoxy) is 1. The van der Waals surface area contributed by atoms with Crippen molar-refractivity contribution in [2.75, 3.05) is 44.8 Å². The number of aliphatic hydroxyl groups excluding tert-OH is 1. The fourth-order valence-electron chi connectivity index (χ4n) is 5.16. The quantitative estimate of drug-likeness (QED) is 0.730. The molecule has 2 aliphatic rings. The highest BCUT2D eigenvalue weighted by molar-refractivity contribution is 5.96. The third kappa shape index (κ3) is 4.18. The second-order valence-corrected chi connectivity index (χ2v) is 9.12. The molecule has 2 heterocycles. The number of halogens is 3. The molecular weight excluding hydrogens is 447 g/mol. The third-order valence-electron chi connectivity index (χ3n) is 7.19. The Balaban J connectivity index is 1.57. The predicted molar refractivity (Wildman–Crippen MR) is 120 cm³/mol. The number of nitrogens with zero attached hydrogens (tertiary/aromatic N) is 3. The van der Waals surface area contributed by atoms with Crippen LogP contribution in [0, 0.1) is 29.6 Å². The summed E-state index contributed by atoms with van der Waals surface area (Å²) in [6.07, 6.45) is -4.09. The lowest BCUT2D eigenvalue weighted by Gasteiger charge is -2.42. The van der Waals surface area contributed by atoms with Gasteiger partial charge in [-0.05, 0) is 55.3 Å². The van der Waals surface area contributed by atoms with Crippen LogP contribution in [0.1, 0.15) is 33.5 Å². The summed E-state index contributed by atoms with van der Waals surface area (Å²) in [5.74, 6) is 0.459. The molecule has 0 bridgehead atoms.